The van der Waals surface area contributed by atoms with Gasteiger partial charge in [0.15, 0.2) is 0 Å². The van der Waals surface area contributed by atoms with E-state index in [2.05, 4.69) is 10.5 Å². The van der Waals surface area contributed by atoms with Gasteiger partial charge in [0.05, 0.1) is 5.71 Å². The number of hydrogen-bond acceptors (Lipinski definition) is 3. The summed E-state index contributed by atoms with van der Waals surface area (Å²) >= 11 is 0. The number of oxime groups is 1. The Bertz CT molecular complexity index is 437. The highest BCUT2D eigenvalue weighted by Crippen LogP contribution is 2.24. The molecule has 2 rings (SSSR count). The molecule has 1 amide bonds. The molecule has 4 heteroatoms. The van der Waals surface area contributed by atoms with Crippen LogP contribution in [-0.4, -0.2) is 11.8 Å². The molecule has 0 aliphatic heterocycles. The Morgan fingerprint density at radius 3 is 2.58 bits per heavy atom. The average molecular weight is 260 g/mol. The zero-order valence-corrected chi connectivity index (χ0v) is 11.3. The van der Waals surface area contributed by atoms with Crippen molar-refractivity contribution in [2.75, 3.05) is 5.32 Å². The molecule has 0 unspecified atom stereocenters. The largest absolute Gasteiger partial charge is 0.437 e. The summed E-state index contributed by atoms with van der Waals surface area (Å²) < 4.78 is 0. The second kappa shape index (κ2) is 6.92. The SMILES string of the molecule is C/C(=N/OC(=O)Nc1ccccc1)C1CCCCC1. The van der Waals surface area contributed by atoms with Gasteiger partial charge in [0.2, 0.25) is 0 Å². The van der Waals surface area contributed by atoms with E-state index in [1.54, 1.807) is 12.1 Å². The highest BCUT2D eigenvalue weighted by Gasteiger charge is 2.17. The molecule has 1 saturated carbocycles. The highest BCUT2D eigenvalue weighted by molar-refractivity contribution is 5.87. The number of anilines is 1. The molecule has 19 heavy (non-hydrogen) atoms. The lowest BCUT2D eigenvalue weighted by Gasteiger charge is -2.20. The Hall–Kier alpha value is -1.84. The van der Waals surface area contributed by atoms with Crippen LogP contribution < -0.4 is 5.32 Å². The van der Waals surface area contributed by atoms with Crippen LogP contribution in [0.25, 0.3) is 0 Å². The second-order valence-corrected chi connectivity index (χ2v) is 4.94. The van der Waals surface area contributed by atoms with E-state index in [-0.39, 0.29) is 0 Å². The third-order valence-electron chi connectivity index (χ3n) is 3.49. The van der Waals surface area contributed by atoms with Gasteiger partial charge in [-0.1, -0.05) is 42.6 Å². The lowest BCUT2D eigenvalue weighted by Crippen LogP contribution is -2.17. The summed E-state index contributed by atoms with van der Waals surface area (Å²) in [4.78, 5) is 16.5. The highest BCUT2D eigenvalue weighted by atomic mass is 16.7. The number of carbonyl (C=O) groups excluding carboxylic acids is 1. The molecule has 0 saturated heterocycles. The molecule has 0 atom stereocenters. The zero-order valence-electron chi connectivity index (χ0n) is 11.3. The molecule has 1 N–H and O–H groups in total. The minimum atomic E-state index is -0.540. The molecule has 0 bridgehead atoms. The minimum absolute atomic E-state index is 0.471. The minimum Gasteiger partial charge on any atom is -0.298 e. The Morgan fingerprint density at radius 2 is 1.89 bits per heavy atom. The monoisotopic (exact) mass is 260 g/mol. The van der Waals surface area contributed by atoms with Crippen LogP contribution in [0.4, 0.5) is 10.5 Å². The Morgan fingerprint density at radius 1 is 1.21 bits per heavy atom. The maximum atomic E-state index is 11.6. The van der Waals surface area contributed by atoms with Crippen molar-refractivity contribution in [3.8, 4) is 0 Å². The van der Waals surface area contributed by atoms with Gasteiger partial charge in [0, 0.05) is 11.6 Å². The quantitative estimate of drug-likeness (QED) is 0.503. The number of hydrogen-bond donors (Lipinski definition) is 1. The van der Waals surface area contributed by atoms with Crippen LogP contribution in [0.1, 0.15) is 39.0 Å². The first-order chi connectivity index (χ1) is 9.25. The molecular weight excluding hydrogens is 240 g/mol. The van der Waals surface area contributed by atoms with Crippen LogP contribution in [0.3, 0.4) is 0 Å². The van der Waals surface area contributed by atoms with Crippen molar-refractivity contribution < 1.29 is 9.63 Å². The Labute approximate surface area is 113 Å². The normalized spacial score (nSPS) is 17.0. The second-order valence-electron chi connectivity index (χ2n) is 4.94. The lowest BCUT2D eigenvalue weighted by molar-refractivity contribution is 0.165. The molecule has 0 radical (unpaired) electrons. The predicted molar refractivity (Wildman–Crippen MR) is 76.2 cm³/mol. The summed E-state index contributed by atoms with van der Waals surface area (Å²) in [5.41, 5.74) is 1.63. The summed E-state index contributed by atoms with van der Waals surface area (Å²) in [5.74, 6) is 0.471. The fourth-order valence-corrected chi connectivity index (χ4v) is 2.37. The van der Waals surface area contributed by atoms with Crippen LogP contribution in [0, 0.1) is 5.92 Å². The molecule has 4 nitrogen and oxygen atoms in total. The molecule has 0 aromatic heterocycles. The van der Waals surface area contributed by atoms with Gasteiger partial charge in [-0.15, -0.1) is 0 Å². The first-order valence-corrected chi connectivity index (χ1v) is 6.83. The molecular formula is C15H20N2O2. The maximum Gasteiger partial charge on any atom is 0.437 e. The van der Waals surface area contributed by atoms with Crippen molar-refractivity contribution in [2.24, 2.45) is 11.1 Å². The van der Waals surface area contributed by atoms with E-state index in [1.807, 2.05) is 25.1 Å². The number of nitrogens with one attached hydrogen (secondary N) is 1. The number of amides is 1. The van der Waals surface area contributed by atoms with Gasteiger partial charge in [-0.2, -0.15) is 0 Å². The lowest BCUT2D eigenvalue weighted by atomic mass is 9.86. The molecule has 0 heterocycles. The summed E-state index contributed by atoms with van der Waals surface area (Å²) in [5, 5.41) is 6.58. The fourth-order valence-electron chi connectivity index (χ4n) is 2.37. The topological polar surface area (TPSA) is 50.7 Å². The average Bonchev–Trinajstić information content (AvgIpc) is 2.47. The number of carbonyl (C=O) groups is 1. The van der Waals surface area contributed by atoms with Gasteiger partial charge < -0.3 is 0 Å². The maximum absolute atomic E-state index is 11.6. The van der Waals surface area contributed by atoms with E-state index in [4.69, 9.17) is 4.84 Å². The molecule has 1 aliphatic rings. The first-order valence-electron chi connectivity index (χ1n) is 6.83. The summed E-state index contributed by atoms with van der Waals surface area (Å²) in [6, 6.07) is 9.21. The van der Waals surface area contributed by atoms with Crippen LogP contribution >= 0.6 is 0 Å². The van der Waals surface area contributed by atoms with Gasteiger partial charge in [-0.3, -0.25) is 10.2 Å². The van der Waals surface area contributed by atoms with E-state index in [0.29, 0.717) is 11.6 Å². The van der Waals surface area contributed by atoms with Gasteiger partial charge in [-0.05, 0) is 31.9 Å². The predicted octanol–water partition coefficient (Wildman–Crippen LogP) is 4.19. The van der Waals surface area contributed by atoms with Crippen LogP contribution in [0.2, 0.25) is 0 Å². The van der Waals surface area contributed by atoms with E-state index >= 15 is 0 Å². The molecule has 1 aromatic rings. The summed E-state index contributed by atoms with van der Waals surface area (Å²) in [7, 11) is 0. The Kier molecular flexibility index (Phi) is 4.95. The summed E-state index contributed by atoms with van der Waals surface area (Å²) in [6.45, 7) is 1.94. The summed E-state index contributed by atoms with van der Waals surface area (Å²) in [6.07, 6.45) is 5.56. The van der Waals surface area contributed by atoms with Gasteiger partial charge >= 0.3 is 6.09 Å². The molecule has 102 valence electrons. The van der Waals surface area contributed by atoms with Crippen LogP contribution in [0.5, 0.6) is 0 Å². The van der Waals surface area contributed by atoms with Crippen molar-refractivity contribution in [1.29, 1.82) is 0 Å². The molecule has 1 aromatic carbocycles. The van der Waals surface area contributed by atoms with Crippen molar-refractivity contribution >= 4 is 17.5 Å². The van der Waals surface area contributed by atoms with Gasteiger partial charge in [0.1, 0.15) is 0 Å². The smallest absolute Gasteiger partial charge is 0.298 e. The van der Waals surface area contributed by atoms with Crippen molar-refractivity contribution in [3.05, 3.63) is 30.3 Å². The Balaban J connectivity index is 1.82. The van der Waals surface area contributed by atoms with Gasteiger partial charge in [-0.25, -0.2) is 4.79 Å². The number of rotatable bonds is 3. The standard InChI is InChI=1S/C15H20N2O2/c1-12(13-8-4-2-5-9-13)17-19-15(18)16-14-10-6-3-7-11-14/h3,6-7,10-11,13H,2,4-5,8-9H2,1H3,(H,16,18)/b17-12-. The number of nitrogens with zero attached hydrogens (tertiary/aromatic N) is 1. The third kappa shape index (κ3) is 4.39. The third-order valence-corrected chi connectivity index (χ3v) is 3.49. The first kappa shape index (κ1) is 13.6. The molecule has 1 fully saturated rings. The molecule has 1 aliphatic carbocycles. The van der Waals surface area contributed by atoms with E-state index in [1.165, 1.54) is 19.3 Å². The number of para-hydroxylation sites is 1. The van der Waals surface area contributed by atoms with Crippen molar-refractivity contribution in [3.63, 3.8) is 0 Å². The van der Waals surface area contributed by atoms with Crippen molar-refractivity contribution in [1.82, 2.24) is 0 Å². The van der Waals surface area contributed by atoms with E-state index in [0.717, 1.165) is 18.6 Å². The fraction of sp³-hybridized carbons (Fsp3) is 0.467. The van der Waals surface area contributed by atoms with E-state index in [9.17, 15) is 4.79 Å². The van der Waals surface area contributed by atoms with Crippen LogP contribution in [0.15, 0.2) is 35.5 Å². The van der Waals surface area contributed by atoms with Crippen molar-refractivity contribution in [2.45, 2.75) is 39.0 Å². The van der Waals surface area contributed by atoms with E-state index < -0.39 is 6.09 Å². The van der Waals surface area contributed by atoms with Gasteiger partial charge in [0.25, 0.3) is 0 Å². The zero-order chi connectivity index (χ0) is 13.5. The number of benzene rings is 1. The van der Waals surface area contributed by atoms with Crippen LogP contribution in [-0.2, 0) is 4.84 Å². The molecule has 0 spiro atoms.